The fraction of sp³-hybridized carbons (Fsp3) is 0.400. The summed E-state index contributed by atoms with van der Waals surface area (Å²) in [6.07, 6.45) is 4.99. The van der Waals surface area contributed by atoms with Gasteiger partial charge in [0.25, 0.3) is 5.91 Å². The van der Waals surface area contributed by atoms with Gasteiger partial charge in [-0.1, -0.05) is 50.1 Å². The second-order valence-corrected chi connectivity index (χ2v) is 9.39. The number of benzene rings is 2. The van der Waals surface area contributed by atoms with Crippen LogP contribution in [0.5, 0.6) is 5.75 Å². The molecule has 0 radical (unpaired) electrons. The third kappa shape index (κ3) is 7.48. The molecule has 1 aromatic heterocycles. The molecule has 36 heavy (non-hydrogen) atoms. The molecule has 0 aliphatic carbocycles. The zero-order valence-electron chi connectivity index (χ0n) is 22.0. The maximum Gasteiger partial charge on any atom is 0.254 e. The number of methoxy groups -OCH3 is 1. The minimum atomic E-state index is -0.127. The van der Waals surface area contributed by atoms with Crippen molar-refractivity contribution < 1.29 is 14.3 Å². The summed E-state index contributed by atoms with van der Waals surface area (Å²) in [5.41, 5.74) is 2.84. The molecule has 0 aliphatic heterocycles. The van der Waals surface area contributed by atoms with Gasteiger partial charge in [-0.15, -0.1) is 0 Å². The highest BCUT2D eigenvalue weighted by atomic mass is 16.5. The normalized spacial score (nSPS) is 10.9. The summed E-state index contributed by atoms with van der Waals surface area (Å²) in [5, 5.41) is 0. The molecule has 3 rings (SSSR count). The zero-order valence-corrected chi connectivity index (χ0v) is 22.0. The van der Waals surface area contributed by atoms with E-state index in [-0.39, 0.29) is 24.4 Å². The van der Waals surface area contributed by atoms with E-state index in [0.717, 1.165) is 31.5 Å². The molecule has 6 heteroatoms. The number of hydrogen-bond acceptors (Lipinski definition) is 3. The van der Waals surface area contributed by atoms with Gasteiger partial charge >= 0.3 is 0 Å². The highest BCUT2D eigenvalue weighted by Crippen LogP contribution is 2.16. The van der Waals surface area contributed by atoms with Crippen molar-refractivity contribution in [3.63, 3.8) is 0 Å². The lowest BCUT2D eigenvalue weighted by atomic mass is 10.1. The van der Waals surface area contributed by atoms with E-state index in [1.54, 1.807) is 36.3 Å². The maximum atomic E-state index is 13.6. The minimum absolute atomic E-state index is 0.00570. The minimum Gasteiger partial charge on any atom is -0.497 e. The molecule has 0 spiro atoms. The van der Waals surface area contributed by atoms with Gasteiger partial charge in [0.15, 0.2) is 0 Å². The predicted molar refractivity (Wildman–Crippen MR) is 144 cm³/mol. The molecule has 0 saturated heterocycles. The fourth-order valence-corrected chi connectivity index (χ4v) is 4.24. The van der Waals surface area contributed by atoms with Gasteiger partial charge in [0.2, 0.25) is 5.91 Å². The van der Waals surface area contributed by atoms with Crippen LogP contribution in [-0.4, -0.2) is 52.4 Å². The predicted octanol–water partition coefficient (Wildman–Crippen LogP) is 5.61. The fourth-order valence-electron chi connectivity index (χ4n) is 4.24. The number of rotatable bonds is 13. The average molecular weight is 490 g/mol. The summed E-state index contributed by atoms with van der Waals surface area (Å²) in [7, 11) is 1.60. The lowest BCUT2D eigenvalue weighted by molar-refractivity contribution is -0.134. The summed E-state index contributed by atoms with van der Waals surface area (Å²) in [5.74, 6) is 0.527. The Morgan fingerprint density at radius 2 is 1.67 bits per heavy atom. The number of nitrogens with zero attached hydrogens (tertiary/aromatic N) is 3. The van der Waals surface area contributed by atoms with Crippen molar-refractivity contribution in [1.82, 2.24) is 14.4 Å². The van der Waals surface area contributed by atoms with E-state index in [4.69, 9.17) is 4.74 Å². The molecule has 2 amide bonds. The Balaban J connectivity index is 1.74. The molecule has 0 saturated carbocycles. The zero-order chi connectivity index (χ0) is 25.9. The smallest absolute Gasteiger partial charge is 0.254 e. The van der Waals surface area contributed by atoms with Crippen LogP contribution in [-0.2, 0) is 17.9 Å². The lowest BCUT2D eigenvalue weighted by Gasteiger charge is -2.31. The molecular weight excluding hydrogens is 450 g/mol. The summed E-state index contributed by atoms with van der Waals surface area (Å²) in [6.45, 7) is 8.04. The Morgan fingerprint density at radius 3 is 2.31 bits per heavy atom. The maximum absolute atomic E-state index is 13.6. The van der Waals surface area contributed by atoms with Gasteiger partial charge < -0.3 is 19.1 Å². The second kappa shape index (κ2) is 13.5. The topological polar surface area (TPSA) is 54.8 Å². The monoisotopic (exact) mass is 489 g/mol. The molecule has 0 fully saturated rings. The number of ether oxygens (including phenoxy) is 1. The van der Waals surface area contributed by atoms with E-state index in [9.17, 15) is 9.59 Å². The van der Waals surface area contributed by atoms with E-state index in [1.807, 2.05) is 43.0 Å². The highest BCUT2D eigenvalue weighted by molar-refractivity contribution is 5.96. The lowest BCUT2D eigenvalue weighted by Crippen LogP contribution is -2.45. The van der Waals surface area contributed by atoms with E-state index in [2.05, 4.69) is 35.9 Å². The van der Waals surface area contributed by atoms with Crippen molar-refractivity contribution in [3.05, 3.63) is 89.7 Å². The van der Waals surface area contributed by atoms with E-state index in [1.165, 1.54) is 5.56 Å². The third-order valence-electron chi connectivity index (χ3n) is 6.38. The summed E-state index contributed by atoms with van der Waals surface area (Å²) in [6, 6.07) is 21.5. The molecule has 0 bridgehead atoms. The first kappa shape index (κ1) is 27.1. The van der Waals surface area contributed by atoms with Crippen LogP contribution in [0.1, 0.15) is 61.6 Å². The summed E-state index contributed by atoms with van der Waals surface area (Å²) >= 11 is 0. The van der Waals surface area contributed by atoms with Crippen LogP contribution in [0.4, 0.5) is 0 Å². The van der Waals surface area contributed by atoms with Gasteiger partial charge in [-0.2, -0.15) is 0 Å². The first-order valence-electron chi connectivity index (χ1n) is 12.8. The molecule has 0 unspecified atom stereocenters. The van der Waals surface area contributed by atoms with E-state index in [0.29, 0.717) is 24.4 Å². The summed E-state index contributed by atoms with van der Waals surface area (Å²) < 4.78 is 7.40. The van der Waals surface area contributed by atoms with Crippen molar-refractivity contribution in [2.75, 3.05) is 20.2 Å². The van der Waals surface area contributed by atoms with Crippen molar-refractivity contribution in [1.29, 1.82) is 0 Å². The first-order chi connectivity index (χ1) is 17.4. The Labute approximate surface area is 215 Å². The van der Waals surface area contributed by atoms with Crippen LogP contribution in [0.25, 0.3) is 0 Å². The standard InChI is InChI=1S/C30H39N3O3/c1-5-6-10-19-32(30(35)26-15-17-28(36-4)18-16-26)23-29(34)33(24(2)3)22-27-14-11-20-31(27)21-25-12-8-7-9-13-25/h7-9,11-18,20,24H,5-6,10,19,21-23H2,1-4H3. The Hall–Kier alpha value is -3.54. The number of unbranched alkanes of at least 4 members (excludes halogenated alkanes) is 2. The third-order valence-corrected chi connectivity index (χ3v) is 6.38. The van der Waals surface area contributed by atoms with E-state index >= 15 is 0 Å². The van der Waals surface area contributed by atoms with Gasteiger partial charge in [0.1, 0.15) is 12.3 Å². The Bertz CT molecular complexity index is 1090. The largest absolute Gasteiger partial charge is 0.497 e. The van der Waals surface area contributed by atoms with Crippen molar-refractivity contribution in [3.8, 4) is 5.75 Å². The van der Waals surface area contributed by atoms with Crippen LogP contribution >= 0.6 is 0 Å². The van der Waals surface area contributed by atoms with E-state index < -0.39 is 0 Å². The number of aromatic nitrogens is 1. The molecule has 0 atom stereocenters. The quantitative estimate of drug-likeness (QED) is 0.293. The van der Waals surface area contributed by atoms with Gasteiger partial charge in [0.05, 0.1) is 13.7 Å². The molecule has 0 aliphatic rings. The number of carbonyl (C=O) groups excluding carboxylic acids is 2. The van der Waals surface area contributed by atoms with Gasteiger partial charge in [0, 0.05) is 36.6 Å². The molecule has 2 aromatic carbocycles. The molecule has 1 heterocycles. The average Bonchev–Trinajstić information content (AvgIpc) is 3.33. The molecular formula is C30H39N3O3. The van der Waals surface area contributed by atoms with Crippen molar-refractivity contribution in [2.24, 2.45) is 0 Å². The van der Waals surface area contributed by atoms with Gasteiger partial charge in [-0.25, -0.2) is 0 Å². The Morgan fingerprint density at radius 1 is 0.944 bits per heavy atom. The molecule has 192 valence electrons. The van der Waals surface area contributed by atoms with Gasteiger partial charge in [-0.3, -0.25) is 9.59 Å². The SMILES string of the molecule is CCCCCN(CC(=O)N(Cc1cccn1Cc1ccccc1)C(C)C)C(=O)c1ccc(OC)cc1. The Kier molecular flexibility index (Phi) is 10.2. The highest BCUT2D eigenvalue weighted by Gasteiger charge is 2.24. The number of amides is 2. The van der Waals surface area contributed by atoms with Crippen LogP contribution < -0.4 is 4.74 Å². The summed E-state index contributed by atoms with van der Waals surface area (Å²) in [4.78, 5) is 30.5. The van der Waals surface area contributed by atoms with Crippen molar-refractivity contribution >= 4 is 11.8 Å². The number of carbonyl (C=O) groups is 2. The van der Waals surface area contributed by atoms with Crippen molar-refractivity contribution in [2.45, 2.75) is 59.2 Å². The molecule has 6 nitrogen and oxygen atoms in total. The van der Waals surface area contributed by atoms with Gasteiger partial charge in [-0.05, 0) is 62.2 Å². The van der Waals surface area contributed by atoms with Crippen LogP contribution in [0.2, 0.25) is 0 Å². The molecule has 0 N–H and O–H groups in total. The molecule has 3 aromatic rings. The van der Waals surface area contributed by atoms with Crippen LogP contribution in [0.15, 0.2) is 72.9 Å². The number of hydrogen-bond donors (Lipinski definition) is 0. The first-order valence-corrected chi connectivity index (χ1v) is 12.8. The van der Waals surface area contributed by atoms with Crippen LogP contribution in [0, 0.1) is 0 Å². The van der Waals surface area contributed by atoms with Crippen LogP contribution in [0.3, 0.4) is 0 Å². The second-order valence-electron chi connectivity index (χ2n) is 9.39.